The average molecular weight is 570 g/mol. The molecular formula is C18H23N3O14S2. The number of aliphatic carboxylic acids is 1. The van der Waals surface area contributed by atoms with Crippen LogP contribution in [0.1, 0.15) is 17.9 Å². The summed E-state index contributed by atoms with van der Waals surface area (Å²) in [6.45, 7) is 0.974. The molecule has 0 saturated carbocycles. The van der Waals surface area contributed by atoms with Crippen LogP contribution in [-0.2, 0) is 56.6 Å². The second-order valence-electron chi connectivity index (χ2n) is 7.21. The third-order valence-corrected chi connectivity index (χ3v) is 5.01. The number of carboxylic acid groups (broad SMARTS) is 1. The van der Waals surface area contributed by atoms with Crippen LogP contribution in [0.4, 0.5) is 0 Å². The maximum atomic E-state index is 11.5. The first kappa shape index (κ1) is 29.9. The number of carbonyl (C=O) groups excluding carboxylic acids is 2. The highest BCUT2D eigenvalue weighted by Crippen LogP contribution is 2.13. The maximum Gasteiger partial charge on any atom is 0.418 e. The minimum atomic E-state index is -4.73. The summed E-state index contributed by atoms with van der Waals surface area (Å²) in [6, 6.07) is 5.66. The molecule has 1 atom stereocenters. The Labute approximate surface area is 210 Å². The average Bonchev–Trinajstić information content (AvgIpc) is 3.43. The van der Waals surface area contributed by atoms with Crippen LogP contribution in [0.15, 0.2) is 45.6 Å². The topological polar surface area (TPSA) is 243 Å². The first-order chi connectivity index (χ1) is 17.2. The van der Waals surface area contributed by atoms with Gasteiger partial charge in [0.15, 0.2) is 0 Å². The minimum Gasteiger partial charge on any atom is -0.481 e. The summed E-state index contributed by atoms with van der Waals surface area (Å²) in [6.07, 6.45) is 3.72. The van der Waals surface area contributed by atoms with Crippen LogP contribution in [0.3, 0.4) is 0 Å². The number of carbonyl (C=O) groups is 3. The van der Waals surface area contributed by atoms with E-state index in [2.05, 4.69) is 13.9 Å². The van der Waals surface area contributed by atoms with Crippen molar-refractivity contribution < 1.29 is 62.8 Å². The molecule has 37 heavy (non-hydrogen) atoms. The Bertz CT molecular complexity index is 1240. The van der Waals surface area contributed by atoms with Gasteiger partial charge in [0.25, 0.3) is 5.91 Å². The van der Waals surface area contributed by atoms with E-state index >= 15 is 0 Å². The fourth-order valence-electron chi connectivity index (χ4n) is 2.56. The Morgan fingerprint density at radius 1 is 0.973 bits per heavy atom. The Hall–Kier alpha value is -3.33. The molecule has 2 aromatic heterocycles. The van der Waals surface area contributed by atoms with Crippen LogP contribution in [0.2, 0.25) is 0 Å². The molecule has 19 heteroatoms. The van der Waals surface area contributed by atoms with Crippen molar-refractivity contribution in [3.05, 3.63) is 48.3 Å². The maximum absolute atomic E-state index is 11.5. The molecule has 17 nitrogen and oxygen atoms in total. The number of nitrogens with zero attached hydrogens (tertiary/aromatic N) is 2. The van der Waals surface area contributed by atoms with E-state index in [0.717, 1.165) is 6.42 Å². The van der Waals surface area contributed by atoms with Gasteiger partial charge in [-0.1, -0.05) is 0 Å². The number of amides is 2. The molecule has 2 saturated heterocycles. The lowest BCUT2D eigenvalue weighted by atomic mass is 10.1. The molecule has 2 fully saturated rings. The zero-order chi connectivity index (χ0) is 27.6. The lowest BCUT2D eigenvalue weighted by molar-refractivity contribution is -0.182. The molecule has 4 heterocycles. The predicted molar refractivity (Wildman–Crippen MR) is 118 cm³/mol. The number of furan rings is 2. The van der Waals surface area contributed by atoms with Gasteiger partial charge in [-0.05, 0) is 30.7 Å². The van der Waals surface area contributed by atoms with Crippen molar-refractivity contribution in [1.82, 2.24) is 15.4 Å². The largest absolute Gasteiger partial charge is 0.481 e. The normalized spacial score (nSPS) is 17.3. The van der Waals surface area contributed by atoms with Crippen LogP contribution in [0.5, 0.6) is 0 Å². The highest BCUT2D eigenvalue weighted by Gasteiger charge is 2.41. The zero-order valence-electron chi connectivity index (χ0n) is 18.8. The third-order valence-electron chi connectivity index (χ3n) is 4.25. The van der Waals surface area contributed by atoms with E-state index in [1.807, 2.05) is 0 Å². The summed E-state index contributed by atoms with van der Waals surface area (Å²) >= 11 is 0. The van der Waals surface area contributed by atoms with Gasteiger partial charge in [0.1, 0.15) is 24.0 Å². The second kappa shape index (κ2) is 13.3. The Balaban J connectivity index is 0.000000222. The van der Waals surface area contributed by atoms with E-state index in [-0.39, 0.29) is 19.4 Å². The van der Waals surface area contributed by atoms with Gasteiger partial charge in [0, 0.05) is 13.1 Å². The highest BCUT2D eigenvalue weighted by molar-refractivity contribution is 7.81. The molecule has 0 aliphatic carbocycles. The second-order valence-corrected chi connectivity index (χ2v) is 9.22. The summed E-state index contributed by atoms with van der Waals surface area (Å²) in [5, 5.41) is 12.2. The van der Waals surface area contributed by atoms with Gasteiger partial charge in [-0.3, -0.25) is 23.5 Å². The van der Waals surface area contributed by atoms with E-state index in [4.69, 9.17) is 23.0 Å². The van der Waals surface area contributed by atoms with Gasteiger partial charge in [-0.15, -0.1) is 4.28 Å². The molecule has 206 valence electrons. The monoisotopic (exact) mass is 569 g/mol. The van der Waals surface area contributed by atoms with Gasteiger partial charge in [0.05, 0.1) is 25.5 Å². The Kier molecular flexibility index (Phi) is 10.7. The molecular weight excluding hydrogens is 546 g/mol. The fraction of sp³-hybridized carbons (Fsp3) is 0.389. The summed E-state index contributed by atoms with van der Waals surface area (Å²) in [7, 11) is -8.99. The van der Waals surface area contributed by atoms with Crippen molar-refractivity contribution in [3.63, 3.8) is 0 Å². The lowest BCUT2D eigenvalue weighted by Gasteiger charge is -2.35. The number of nitrogens with one attached hydrogen (secondary N) is 1. The standard InChI is InChI=1S/C9H10N2O7S.C6H6O3.C3H7NO4S/c12-8(4-6-2-1-3-17-6)10-7-5-11(9(7)13)18-19(14,15)16;7-6(8)4-5-2-1-3-9-5;5-9(6,7)8-4-2-1-3-4/h1-3,7H,4-5H2,(H,10,12)(H,14,15,16);1-3H,4H2,(H,7,8);1-3H2,(H,5,6,7)/t7-;;/m0../s1. The van der Waals surface area contributed by atoms with Crippen molar-refractivity contribution in [2.75, 3.05) is 19.6 Å². The summed E-state index contributed by atoms with van der Waals surface area (Å²) in [5.74, 6) is -1.15. The van der Waals surface area contributed by atoms with Crippen LogP contribution in [0, 0.1) is 0 Å². The number of carboxylic acids is 1. The van der Waals surface area contributed by atoms with E-state index in [9.17, 15) is 31.2 Å². The summed E-state index contributed by atoms with van der Waals surface area (Å²) in [4.78, 5) is 32.9. The third kappa shape index (κ3) is 12.0. The summed E-state index contributed by atoms with van der Waals surface area (Å²) in [5.41, 5.74) is 0. The van der Waals surface area contributed by atoms with E-state index in [0.29, 0.717) is 29.7 Å². The van der Waals surface area contributed by atoms with Crippen LogP contribution < -0.4 is 5.32 Å². The SMILES string of the molecule is O=C(Cc1ccco1)N[C@H]1CN(OS(=O)(=O)O)C1=O.O=C(O)Cc1ccco1.O=S(=O)(O)ON1CCC1. The number of hydroxylamine groups is 4. The van der Waals surface area contributed by atoms with Gasteiger partial charge in [0.2, 0.25) is 5.91 Å². The predicted octanol–water partition coefficient (Wildman–Crippen LogP) is -0.783. The smallest absolute Gasteiger partial charge is 0.418 e. The van der Waals surface area contributed by atoms with Crippen molar-refractivity contribution in [2.24, 2.45) is 0 Å². The van der Waals surface area contributed by atoms with Crippen molar-refractivity contribution in [1.29, 1.82) is 0 Å². The van der Waals surface area contributed by atoms with Gasteiger partial charge < -0.3 is 19.3 Å². The molecule has 0 aromatic carbocycles. The van der Waals surface area contributed by atoms with Gasteiger partial charge >= 0.3 is 26.8 Å². The Morgan fingerprint density at radius 3 is 1.86 bits per heavy atom. The molecule has 2 aliphatic heterocycles. The number of rotatable bonds is 9. The molecule has 4 rings (SSSR count). The van der Waals surface area contributed by atoms with Crippen LogP contribution in [-0.4, -0.2) is 84.6 Å². The highest BCUT2D eigenvalue weighted by atomic mass is 32.3. The van der Waals surface area contributed by atoms with Crippen molar-refractivity contribution >= 4 is 38.6 Å². The first-order valence-corrected chi connectivity index (χ1v) is 12.9. The van der Waals surface area contributed by atoms with Crippen molar-refractivity contribution in [3.8, 4) is 0 Å². The molecule has 0 radical (unpaired) electrons. The van der Waals surface area contributed by atoms with Gasteiger partial charge in [-0.2, -0.15) is 31.2 Å². The van der Waals surface area contributed by atoms with E-state index in [1.165, 1.54) is 17.6 Å². The van der Waals surface area contributed by atoms with Crippen LogP contribution >= 0.6 is 0 Å². The first-order valence-electron chi connectivity index (χ1n) is 10.2. The molecule has 2 aliphatic rings. The molecule has 0 bridgehead atoms. The van der Waals surface area contributed by atoms with Crippen LogP contribution in [0.25, 0.3) is 0 Å². The lowest BCUT2D eigenvalue weighted by Crippen LogP contribution is -2.64. The minimum absolute atomic E-state index is 0.0318. The molecule has 0 unspecified atom stereocenters. The van der Waals surface area contributed by atoms with Crippen molar-refractivity contribution in [2.45, 2.75) is 25.3 Å². The number of hydrogen-bond acceptors (Lipinski definition) is 12. The molecule has 4 N–H and O–H groups in total. The summed E-state index contributed by atoms with van der Waals surface area (Å²) < 4.78 is 74.7. The fourth-order valence-corrected chi connectivity index (χ4v) is 3.33. The number of hydrogen-bond donors (Lipinski definition) is 4. The van der Waals surface area contributed by atoms with E-state index in [1.54, 1.807) is 24.3 Å². The zero-order valence-corrected chi connectivity index (χ0v) is 20.5. The van der Waals surface area contributed by atoms with E-state index < -0.39 is 44.6 Å². The quantitative estimate of drug-likeness (QED) is 0.214. The molecule has 2 aromatic rings. The Morgan fingerprint density at radius 2 is 1.51 bits per heavy atom. The van der Waals surface area contributed by atoms with Gasteiger partial charge in [-0.25, -0.2) is 0 Å². The molecule has 2 amide bonds. The number of β-lactam (4-membered cyclic amide) rings is 1. The molecule has 0 spiro atoms.